The number of rotatable bonds is 4. The summed E-state index contributed by atoms with van der Waals surface area (Å²) in [5.74, 6) is 1.55. The predicted molar refractivity (Wildman–Crippen MR) is 104 cm³/mol. The van der Waals surface area contributed by atoms with Crippen LogP contribution in [-0.2, 0) is 0 Å². The molecule has 0 bridgehead atoms. The molecule has 1 aliphatic rings. The average Bonchev–Trinajstić information content (AvgIpc) is 2.69. The smallest absolute Gasteiger partial charge is 0.253 e. The van der Waals surface area contributed by atoms with E-state index >= 15 is 0 Å². The van der Waals surface area contributed by atoms with E-state index in [1.165, 1.54) is 0 Å². The first kappa shape index (κ1) is 18.4. The Morgan fingerprint density at radius 3 is 2.23 bits per heavy atom. The van der Waals surface area contributed by atoms with Crippen molar-refractivity contribution in [2.24, 2.45) is 0 Å². The molecule has 1 saturated heterocycles. The Morgan fingerprint density at radius 1 is 1.00 bits per heavy atom. The minimum Gasteiger partial charge on any atom is -0.497 e. The van der Waals surface area contributed by atoms with E-state index in [0.29, 0.717) is 23.7 Å². The number of methoxy groups -OCH3 is 2. The molecule has 0 N–H and O–H groups in total. The van der Waals surface area contributed by atoms with E-state index in [9.17, 15) is 4.79 Å². The third kappa shape index (κ3) is 3.73. The minimum atomic E-state index is 0.0477. The van der Waals surface area contributed by atoms with Crippen molar-refractivity contribution in [3.8, 4) is 11.5 Å². The first-order valence-corrected chi connectivity index (χ1v) is 8.93. The highest BCUT2D eigenvalue weighted by molar-refractivity contribution is 6.31. The van der Waals surface area contributed by atoms with Gasteiger partial charge in [0.05, 0.1) is 19.9 Å². The molecule has 0 spiro atoms. The number of carbonyl (C=O) groups excluding carboxylic acids is 1. The Kier molecular flexibility index (Phi) is 5.57. The van der Waals surface area contributed by atoms with Crippen LogP contribution in [0, 0.1) is 6.92 Å². The first-order chi connectivity index (χ1) is 12.5. The molecule has 2 aromatic carbocycles. The molecule has 6 heteroatoms. The van der Waals surface area contributed by atoms with Crippen LogP contribution < -0.4 is 14.4 Å². The van der Waals surface area contributed by atoms with Gasteiger partial charge in [-0.05, 0) is 42.8 Å². The van der Waals surface area contributed by atoms with Gasteiger partial charge in [0.15, 0.2) is 0 Å². The van der Waals surface area contributed by atoms with Gasteiger partial charge in [0.25, 0.3) is 5.91 Å². The number of carbonyl (C=O) groups is 1. The van der Waals surface area contributed by atoms with E-state index in [0.717, 1.165) is 35.8 Å². The molecule has 0 radical (unpaired) electrons. The molecular weight excluding hydrogens is 352 g/mol. The van der Waals surface area contributed by atoms with Crippen molar-refractivity contribution in [1.29, 1.82) is 0 Å². The normalized spacial score (nSPS) is 14.3. The standard InChI is InChI=1S/C20H23ClN2O3/c1-14-12-18(19(26-3)13-17(14)21)22-8-10-23(11-9-22)20(24)15-4-6-16(25-2)7-5-15/h4-7,12-13H,8-11H2,1-3H3. The second-order valence-electron chi connectivity index (χ2n) is 6.28. The second kappa shape index (κ2) is 7.87. The highest BCUT2D eigenvalue weighted by Gasteiger charge is 2.24. The molecule has 1 heterocycles. The Labute approximate surface area is 159 Å². The summed E-state index contributed by atoms with van der Waals surface area (Å²) in [5.41, 5.74) is 2.71. The zero-order chi connectivity index (χ0) is 18.7. The molecule has 0 aliphatic carbocycles. The van der Waals surface area contributed by atoms with E-state index in [-0.39, 0.29) is 5.91 Å². The van der Waals surface area contributed by atoms with Crippen molar-refractivity contribution in [2.45, 2.75) is 6.92 Å². The summed E-state index contributed by atoms with van der Waals surface area (Å²) < 4.78 is 10.6. The number of nitrogens with zero attached hydrogens (tertiary/aromatic N) is 2. The van der Waals surface area contributed by atoms with Gasteiger partial charge in [0, 0.05) is 42.8 Å². The van der Waals surface area contributed by atoms with Gasteiger partial charge < -0.3 is 19.3 Å². The van der Waals surface area contributed by atoms with Crippen LogP contribution in [0.2, 0.25) is 5.02 Å². The lowest BCUT2D eigenvalue weighted by Gasteiger charge is -2.37. The third-order valence-electron chi connectivity index (χ3n) is 4.70. The van der Waals surface area contributed by atoms with E-state index in [4.69, 9.17) is 21.1 Å². The summed E-state index contributed by atoms with van der Waals surface area (Å²) in [4.78, 5) is 16.8. The van der Waals surface area contributed by atoms with Crippen molar-refractivity contribution in [2.75, 3.05) is 45.3 Å². The molecule has 138 valence electrons. The topological polar surface area (TPSA) is 42.0 Å². The first-order valence-electron chi connectivity index (χ1n) is 8.56. The van der Waals surface area contributed by atoms with E-state index in [1.807, 2.05) is 36.1 Å². The van der Waals surface area contributed by atoms with Crippen LogP contribution in [0.25, 0.3) is 0 Å². The summed E-state index contributed by atoms with van der Waals surface area (Å²) >= 11 is 6.20. The van der Waals surface area contributed by atoms with Crippen LogP contribution in [-0.4, -0.2) is 51.2 Å². The van der Waals surface area contributed by atoms with Crippen LogP contribution in [0.3, 0.4) is 0 Å². The van der Waals surface area contributed by atoms with Crippen molar-refractivity contribution < 1.29 is 14.3 Å². The van der Waals surface area contributed by atoms with Gasteiger partial charge in [-0.1, -0.05) is 11.6 Å². The number of hydrogen-bond donors (Lipinski definition) is 0. The van der Waals surface area contributed by atoms with Gasteiger partial charge in [-0.25, -0.2) is 0 Å². The predicted octanol–water partition coefficient (Wildman–Crippen LogP) is 3.63. The van der Waals surface area contributed by atoms with Gasteiger partial charge in [-0.2, -0.15) is 0 Å². The van der Waals surface area contributed by atoms with Gasteiger partial charge >= 0.3 is 0 Å². The summed E-state index contributed by atoms with van der Waals surface area (Å²) in [5, 5.41) is 0.693. The fourth-order valence-corrected chi connectivity index (χ4v) is 3.28. The van der Waals surface area contributed by atoms with Crippen LogP contribution in [0.1, 0.15) is 15.9 Å². The number of piperazine rings is 1. The summed E-state index contributed by atoms with van der Waals surface area (Å²) in [7, 11) is 3.26. The molecule has 0 atom stereocenters. The Hall–Kier alpha value is -2.40. The maximum Gasteiger partial charge on any atom is 0.253 e. The highest BCUT2D eigenvalue weighted by Crippen LogP contribution is 2.34. The van der Waals surface area contributed by atoms with E-state index in [2.05, 4.69) is 4.90 Å². The highest BCUT2D eigenvalue weighted by atomic mass is 35.5. The summed E-state index contributed by atoms with van der Waals surface area (Å²) in [6, 6.07) is 11.1. The Balaban J connectivity index is 1.69. The monoisotopic (exact) mass is 374 g/mol. The van der Waals surface area contributed by atoms with Crippen molar-refractivity contribution in [1.82, 2.24) is 4.90 Å². The molecule has 26 heavy (non-hydrogen) atoms. The van der Waals surface area contributed by atoms with Crippen molar-refractivity contribution in [3.63, 3.8) is 0 Å². The summed E-state index contributed by atoms with van der Waals surface area (Å²) in [6.45, 7) is 4.80. The van der Waals surface area contributed by atoms with Gasteiger partial charge in [0.1, 0.15) is 11.5 Å². The SMILES string of the molecule is COc1ccc(C(=O)N2CCN(c3cc(C)c(Cl)cc3OC)CC2)cc1. The average molecular weight is 375 g/mol. The van der Waals surface area contributed by atoms with Gasteiger partial charge in [-0.3, -0.25) is 4.79 Å². The minimum absolute atomic E-state index is 0.0477. The van der Waals surface area contributed by atoms with Gasteiger partial charge in [-0.15, -0.1) is 0 Å². The molecule has 2 aromatic rings. The number of benzene rings is 2. The zero-order valence-corrected chi connectivity index (χ0v) is 16.0. The number of halogens is 1. The van der Waals surface area contributed by atoms with E-state index < -0.39 is 0 Å². The second-order valence-corrected chi connectivity index (χ2v) is 6.69. The van der Waals surface area contributed by atoms with Crippen molar-refractivity contribution in [3.05, 3.63) is 52.5 Å². The summed E-state index contributed by atoms with van der Waals surface area (Å²) in [6.07, 6.45) is 0. The molecule has 1 fully saturated rings. The molecule has 5 nitrogen and oxygen atoms in total. The zero-order valence-electron chi connectivity index (χ0n) is 15.3. The Morgan fingerprint density at radius 2 is 1.65 bits per heavy atom. The molecule has 3 rings (SSSR count). The van der Waals surface area contributed by atoms with Crippen LogP contribution in [0.5, 0.6) is 11.5 Å². The van der Waals surface area contributed by atoms with Crippen molar-refractivity contribution >= 4 is 23.2 Å². The molecule has 1 amide bonds. The fourth-order valence-electron chi connectivity index (χ4n) is 3.13. The number of aryl methyl sites for hydroxylation is 1. The molecule has 1 aliphatic heterocycles. The third-order valence-corrected chi connectivity index (χ3v) is 5.11. The van der Waals surface area contributed by atoms with E-state index in [1.54, 1.807) is 26.4 Å². The Bertz CT molecular complexity index is 784. The lowest BCUT2D eigenvalue weighted by Crippen LogP contribution is -2.48. The van der Waals surface area contributed by atoms with Crippen LogP contribution >= 0.6 is 11.6 Å². The van der Waals surface area contributed by atoms with Crippen LogP contribution in [0.15, 0.2) is 36.4 Å². The molecular formula is C20H23ClN2O3. The molecule has 0 saturated carbocycles. The van der Waals surface area contributed by atoms with Crippen LogP contribution in [0.4, 0.5) is 5.69 Å². The number of ether oxygens (including phenoxy) is 2. The molecule has 0 aromatic heterocycles. The number of hydrogen-bond acceptors (Lipinski definition) is 4. The molecule has 0 unspecified atom stereocenters. The maximum absolute atomic E-state index is 12.7. The quantitative estimate of drug-likeness (QED) is 0.819. The lowest BCUT2D eigenvalue weighted by molar-refractivity contribution is 0.0746. The maximum atomic E-state index is 12.7. The fraction of sp³-hybridized carbons (Fsp3) is 0.350. The lowest BCUT2D eigenvalue weighted by atomic mass is 10.1. The van der Waals surface area contributed by atoms with Gasteiger partial charge in [0.2, 0.25) is 0 Å². The largest absolute Gasteiger partial charge is 0.497 e. The number of anilines is 1. The number of amides is 1.